The molecule has 0 saturated heterocycles. The van der Waals surface area contributed by atoms with E-state index in [0.717, 1.165) is 16.3 Å². The zero-order chi connectivity index (χ0) is 38.9. The van der Waals surface area contributed by atoms with Crippen LogP contribution >= 0.6 is 0 Å². The molecule has 2 aromatic heterocycles. The van der Waals surface area contributed by atoms with Gasteiger partial charge in [-0.2, -0.15) is 0 Å². The van der Waals surface area contributed by atoms with Crippen LogP contribution in [0.2, 0.25) is 0 Å². The summed E-state index contributed by atoms with van der Waals surface area (Å²) in [6.07, 6.45) is 0. The van der Waals surface area contributed by atoms with E-state index in [1.807, 2.05) is 48.5 Å². The predicted octanol–water partition coefficient (Wildman–Crippen LogP) is 11.6. The first-order valence-electron chi connectivity index (χ1n) is 19.7. The van der Waals surface area contributed by atoms with E-state index in [2.05, 4.69) is 0 Å². The first kappa shape index (κ1) is 13.8. The number of furan rings is 2. The monoisotopic (exact) mass is 549 g/mol. The van der Waals surface area contributed by atoms with Crippen molar-refractivity contribution in [3.63, 3.8) is 0 Å². The first-order chi connectivity index (χ1) is 26.2. The first-order valence-corrected chi connectivity index (χ1v) is 13.2. The van der Waals surface area contributed by atoms with Crippen LogP contribution in [0.4, 0.5) is 0 Å². The van der Waals surface area contributed by atoms with Crippen molar-refractivity contribution in [2.75, 3.05) is 0 Å². The molecule has 7 aromatic carbocycles. The Morgan fingerprint density at radius 2 is 1.02 bits per heavy atom. The fourth-order valence-corrected chi connectivity index (χ4v) is 5.75. The molecule has 0 aliphatic rings. The van der Waals surface area contributed by atoms with Crippen molar-refractivity contribution in [1.82, 2.24) is 0 Å². The van der Waals surface area contributed by atoms with E-state index >= 15 is 0 Å². The second kappa shape index (κ2) is 8.95. The maximum atomic E-state index is 9.18. The third kappa shape index (κ3) is 3.45. The predicted molar refractivity (Wildman–Crippen MR) is 175 cm³/mol. The Hall–Kier alpha value is -5.60. The molecular weight excluding hydrogens is 512 g/mol. The van der Waals surface area contributed by atoms with Gasteiger partial charge in [0.05, 0.1) is 17.8 Å². The van der Waals surface area contributed by atoms with E-state index in [4.69, 9.17) is 23.9 Å². The Morgan fingerprint density at radius 1 is 0.405 bits per heavy atom. The quantitative estimate of drug-likeness (QED) is 0.205. The fourth-order valence-electron chi connectivity index (χ4n) is 5.75. The van der Waals surface area contributed by atoms with Gasteiger partial charge in [-0.1, -0.05) is 115 Å². The molecule has 42 heavy (non-hydrogen) atoms. The molecule has 9 rings (SSSR count). The smallest absolute Gasteiger partial charge is 0.136 e. The number of benzene rings is 7. The van der Waals surface area contributed by atoms with E-state index < -0.39 is 84.1 Å². The Kier molecular flexibility index (Phi) is 2.95. The summed E-state index contributed by atoms with van der Waals surface area (Å²) in [6.45, 7) is 0. The van der Waals surface area contributed by atoms with Crippen LogP contribution < -0.4 is 0 Å². The van der Waals surface area contributed by atoms with E-state index in [0.29, 0.717) is 33.5 Å². The van der Waals surface area contributed by atoms with Crippen LogP contribution in [0.15, 0.2) is 154 Å². The van der Waals surface area contributed by atoms with Crippen LogP contribution in [-0.4, -0.2) is 0 Å². The number of hydrogen-bond donors (Lipinski definition) is 0. The molecule has 9 aromatic rings. The van der Waals surface area contributed by atoms with Gasteiger partial charge >= 0.3 is 0 Å². The lowest BCUT2D eigenvalue weighted by atomic mass is 9.86. The molecule has 0 aliphatic carbocycles. The fraction of sp³-hybridized carbons (Fsp3) is 0. The van der Waals surface area contributed by atoms with Crippen molar-refractivity contribution < 1.29 is 26.7 Å². The third-order valence-electron chi connectivity index (χ3n) is 7.58. The van der Waals surface area contributed by atoms with Crippen LogP contribution in [0, 0.1) is 0 Å². The summed E-state index contributed by atoms with van der Waals surface area (Å²) < 4.78 is 126. The molecule has 0 atom stereocenters. The van der Waals surface area contributed by atoms with Gasteiger partial charge < -0.3 is 8.83 Å². The SMILES string of the molecule is [2H]c1c([2H])c([2H])c(-c2c3c([2H])c([2H])c([2H])c([2H])c3c(-c3ccc4c(c3)oc3cc5cc(-c6ccccc6)oc5cc34)c3c([2H])c([2H])c([2H])c([2H])c23)c([2H])c1[2H]. The van der Waals surface area contributed by atoms with E-state index in [9.17, 15) is 2.74 Å². The lowest BCUT2D eigenvalue weighted by Crippen LogP contribution is -1.90. The summed E-state index contributed by atoms with van der Waals surface area (Å²) in [5.74, 6) is 0.690. The number of hydrogen-bond acceptors (Lipinski definition) is 2. The summed E-state index contributed by atoms with van der Waals surface area (Å²) in [6, 6.07) is 11.9. The average molecular weight is 550 g/mol. The van der Waals surface area contributed by atoms with Gasteiger partial charge in [0.2, 0.25) is 0 Å². The highest BCUT2D eigenvalue weighted by Gasteiger charge is 2.18. The van der Waals surface area contributed by atoms with Crippen molar-refractivity contribution in [2.45, 2.75) is 0 Å². The third-order valence-corrected chi connectivity index (χ3v) is 7.58. The van der Waals surface area contributed by atoms with Gasteiger partial charge in [-0.15, -0.1) is 0 Å². The summed E-state index contributed by atoms with van der Waals surface area (Å²) in [5.41, 5.74) is 1.99. The average Bonchev–Trinajstić information content (AvgIpc) is 3.77. The Bertz CT molecular complexity index is 3070. The number of fused-ring (bicyclic) bond motifs is 6. The van der Waals surface area contributed by atoms with Gasteiger partial charge in [-0.05, 0) is 74.1 Å². The number of rotatable bonds is 3. The highest BCUT2D eigenvalue weighted by Crippen LogP contribution is 2.45. The normalized spacial score (nSPS) is 16.1. The van der Waals surface area contributed by atoms with Gasteiger partial charge in [0.15, 0.2) is 0 Å². The maximum Gasteiger partial charge on any atom is 0.136 e. The Balaban J connectivity index is 1.42. The van der Waals surface area contributed by atoms with E-state index in [1.165, 1.54) is 0 Å². The molecule has 2 heteroatoms. The van der Waals surface area contributed by atoms with Gasteiger partial charge in [0, 0.05) is 21.7 Å². The zero-order valence-corrected chi connectivity index (χ0v) is 21.7. The van der Waals surface area contributed by atoms with Crippen molar-refractivity contribution in [2.24, 2.45) is 0 Å². The molecule has 0 saturated carbocycles. The molecule has 2 heterocycles. The highest BCUT2D eigenvalue weighted by molar-refractivity contribution is 6.22. The summed E-state index contributed by atoms with van der Waals surface area (Å²) in [5, 5.41) is 1.37. The molecular formula is C40H24O2. The van der Waals surface area contributed by atoms with Gasteiger partial charge in [0.1, 0.15) is 22.5 Å². The second-order valence-corrected chi connectivity index (χ2v) is 9.93. The highest BCUT2D eigenvalue weighted by atomic mass is 16.3. The summed E-state index contributed by atoms with van der Waals surface area (Å²) in [4.78, 5) is 0. The van der Waals surface area contributed by atoms with Crippen LogP contribution in [0.25, 0.3) is 88.0 Å². The molecule has 0 fully saturated rings. The lowest BCUT2D eigenvalue weighted by Gasteiger charge is -2.17. The maximum absolute atomic E-state index is 9.18. The standard InChI is InChI=1S/C40H24O2/c1-3-11-25(12-4-1)35-22-28-23-38-34(24-36(28)41-35)29-20-19-27(21-37(29)42-38)40-32-17-9-7-15-30(32)39(26-13-5-2-6-14-26)31-16-8-10-18-33(31)40/h1-24H/i2D,5D,6D,7D,8D,9D,10D,13D,14D,15D,16D,17D,18D. The molecule has 0 radical (unpaired) electrons. The Morgan fingerprint density at radius 3 is 1.71 bits per heavy atom. The van der Waals surface area contributed by atoms with Crippen molar-refractivity contribution in [3.05, 3.63) is 145 Å². The van der Waals surface area contributed by atoms with Crippen LogP contribution in [0.5, 0.6) is 0 Å². The van der Waals surface area contributed by atoms with Crippen molar-refractivity contribution >= 4 is 54.5 Å². The van der Waals surface area contributed by atoms with Crippen molar-refractivity contribution in [3.8, 4) is 33.6 Å². The Labute approximate surface area is 260 Å². The minimum Gasteiger partial charge on any atom is -0.456 e. The molecule has 0 amide bonds. The topological polar surface area (TPSA) is 26.3 Å². The molecule has 196 valence electrons. The van der Waals surface area contributed by atoms with Crippen LogP contribution in [0.1, 0.15) is 17.8 Å². The lowest BCUT2D eigenvalue weighted by molar-refractivity contribution is 0.631. The van der Waals surface area contributed by atoms with Gasteiger partial charge in [-0.3, -0.25) is 0 Å². The minimum absolute atomic E-state index is 0.0312. The second-order valence-electron chi connectivity index (χ2n) is 9.93. The minimum atomic E-state index is -0.721. The molecule has 0 N–H and O–H groups in total. The summed E-state index contributed by atoms with van der Waals surface area (Å²) in [7, 11) is 0. The molecule has 0 aliphatic heterocycles. The van der Waals surface area contributed by atoms with Crippen LogP contribution in [0.3, 0.4) is 0 Å². The molecule has 0 unspecified atom stereocenters. The zero-order valence-electron chi connectivity index (χ0n) is 34.7. The van der Waals surface area contributed by atoms with Crippen LogP contribution in [-0.2, 0) is 0 Å². The largest absolute Gasteiger partial charge is 0.456 e. The van der Waals surface area contributed by atoms with Gasteiger partial charge in [0.25, 0.3) is 0 Å². The van der Waals surface area contributed by atoms with E-state index in [-0.39, 0.29) is 32.7 Å². The molecule has 0 bridgehead atoms. The van der Waals surface area contributed by atoms with E-state index in [1.54, 1.807) is 18.2 Å². The molecule has 0 spiro atoms. The summed E-state index contributed by atoms with van der Waals surface area (Å²) >= 11 is 0. The molecule has 2 nitrogen and oxygen atoms in total. The van der Waals surface area contributed by atoms with Crippen molar-refractivity contribution in [1.29, 1.82) is 0 Å². The van der Waals surface area contributed by atoms with Gasteiger partial charge in [-0.25, -0.2) is 0 Å².